The topological polar surface area (TPSA) is 133 Å². The zero-order valence-electron chi connectivity index (χ0n) is 14.0. The van der Waals surface area contributed by atoms with Crippen molar-refractivity contribution in [3.8, 4) is 0 Å². The Kier molecular flexibility index (Phi) is 6.56. The van der Waals surface area contributed by atoms with Gasteiger partial charge in [0.15, 0.2) is 6.61 Å². The number of carbonyl (C=O) groups excluding carboxylic acids is 4. The normalized spacial score (nSPS) is 22.0. The Morgan fingerprint density at radius 1 is 1.42 bits per heavy atom. The Morgan fingerprint density at radius 3 is 2.77 bits per heavy atom. The van der Waals surface area contributed by atoms with E-state index in [9.17, 15) is 29.3 Å². The van der Waals surface area contributed by atoms with E-state index in [2.05, 4.69) is 5.32 Å². The molecule has 0 unspecified atom stereocenters. The Labute approximate surface area is 152 Å². The van der Waals surface area contributed by atoms with Gasteiger partial charge in [-0.25, -0.2) is 0 Å². The van der Waals surface area contributed by atoms with Crippen molar-refractivity contribution in [2.24, 2.45) is 17.8 Å². The van der Waals surface area contributed by atoms with Crippen LogP contribution in [0.3, 0.4) is 0 Å². The lowest BCUT2D eigenvalue weighted by atomic mass is 9.88. The lowest BCUT2D eigenvalue weighted by Crippen LogP contribution is -2.34. The van der Waals surface area contributed by atoms with Crippen molar-refractivity contribution in [2.75, 3.05) is 13.2 Å². The number of Topliss-reactive ketones (excluding diaryl/α,β-unsaturated/α-hetero) is 1. The van der Waals surface area contributed by atoms with Crippen LogP contribution < -0.4 is 5.32 Å². The van der Waals surface area contributed by atoms with Crippen molar-refractivity contribution in [1.82, 2.24) is 5.32 Å². The summed E-state index contributed by atoms with van der Waals surface area (Å²) in [7, 11) is 0. The van der Waals surface area contributed by atoms with Crippen LogP contribution in [0.5, 0.6) is 0 Å². The molecule has 1 fully saturated rings. The Bertz CT molecular complexity index is 716. The number of ether oxygens (including phenoxy) is 1. The maximum absolute atomic E-state index is 12.0. The molecule has 10 heteroatoms. The van der Waals surface area contributed by atoms with Gasteiger partial charge in [-0.15, -0.1) is 11.3 Å². The molecular formula is C16H18N2O7S. The van der Waals surface area contributed by atoms with Gasteiger partial charge in [0, 0.05) is 23.2 Å². The predicted octanol–water partition coefficient (Wildman–Crippen LogP) is 1.06. The van der Waals surface area contributed by atoms with Crippen LogP contribution in [0.15, 0.2) is 17.5 Å². The van der Waals surface area contributed by atoms with Crippen molar-refractivity contribution < 1.29 is 28.8 Å². The lowest BCUT2D eigenvalue weighted by Gasteiger charge is -2.16. The average Bonchev–Trinajstić information content (AvgIpc) is 3.17. The summed E-state index contributed by atoms with van der Waals surface area (Å²) in [6, 6.07) is 3.20. The summed E-state index contributed by atoms with van der Waals surface area (Å²) in [4.78, 5) is 57.8. The van der Waals surface area contributed by atoms with Gasteiger partial charge in [-0.1, -0.05) is 13.0 Å². The Hall–Kier alpha value is -2.62. The van der Waals surface area contributed by atoms with Gasteiger partial charge < -0.3 is 4.74 Å². The molecule has 2 amide bonds. The summed E-state index contributed by atoms with van der Waals surface area (Å²) in [5.41, 5.74) is 0. The number of amides is 2. The highest BCUT2D eigenvalue weighted by molar-refractivity contribution is 7.12. The summed E-state index contributed by atoms with van der Waals surface area (Å²) >= 11 is 1.16. The summed E-state index contributed by atoms with van der Waals surface area (Å²) in [6.07, 6.45) is -0.125. The van der Waals surface area contributed by atoms with Crippen LogP contribution in [0, 0.1) is 27.9 Å². The molecule has 0 aliphatic heterocycles. The molecule has 0 radical (unpaired) electrons. The molecule has 0 saturated heterocycles. The molecule has 1 N–H and O–H groups in total. The van der Waals surface area contributed by atoms with Gasteiger partial charge in [-0.05, 0) is 17.4 Å². The molecule has 1 aromatic heterocycles. The highest BCUT2D eigenvalue weighted by Crippen LogP contribution is 2.36. The standard InChI is InChI=1S/C16H18N2O7S/c1-9-5-12(19)10(11(9)7-18(23)24)6-15(21)25-8-14(20)17-16(22)13-3-2-4-26-13/h2-4,9-11H,5-8H2,1H3,(H,17,20,22)/t9-,10-,11+/m0/s1. The maximum Gasteiger partial charge on any atom is 0.307 e. The van der Waals surface area contributed by atoms with Crippen LogP contribution in [0.4, 0.5) is 0 Å². The molecule has 1 heterocycles. The van der Waals surface area contributed by atoms with Gasteiger partial charge >= 0.3 is 5.97 Å². The molecule has 2 rings (SSSR count). The summed E-state index contributed by atoms with van der Waals surface area (Å²) in [5, 5.41) is 14.5. The molecule has 140 valence electrons. The van der Waals surface area contributed by atoms with E-state index in [1.54, 1.807) is 24.4 Å². The zero-order valence-corrected chi connectivity index (χ0v) is 14.8. The molecule has 1 aliphatic carbocycles. The van der Waals surface area contributed by atoms with E-state index in [0.717, 1.165) is 11.3 Å². The minimum Gasteiger partial charge on any atom is -0.456 e. The number of hydrogen-bond acceptors (Lipinski definition) is 8. The monoisotopic (exact) mass is 382 g/mol. The summed E-state index contributed by atoms with van der Waals surface area (Å²) in [6.45, 7) is 0.688. The molecule has 9 nitrogen and oxygen atoms in total. The lowest BCUT2D eigenvalue weighted by molar-refractivity contribution is -0.490. The number of ketones is 1. The van der Waals surface area contributed by atoms with Crippen molar-refractivity contribution in [3.05, 3.63) is 32.5 Å². The summed E-state index contributed by atoms with van der Waals surface area (Å²) in [5.74, 6) is -3.88. The second-order valence-corrected chi connectivity index (χ2v) is 7.10. The molecular weight excluding hydrogens is 364 g/mol. The average molecular weight is 382 g/mol. The number of imide groups is 1. The minimum atomic E-state index is -0.801. The number of hydrogen-bond donors (Lipinski definition) is 1. The predicted molar refractivity (Wildman–Crippen MR) is 90.0 cm³/mol. The SMILES string of the molecule is C[C@H]1CC(=O)[C@@H](CC(=O)OCC(=O)NC(=O)c2cccs2)[C@@H]1C[N+](=O)[O-]. The van der Waals surface area contributed by atoms with E-state index in [0.29, 0.717) is 4.88 Å². The zero-order chi connectivity index (χ0) is 19.3. The Morgan fingerprint density at radius 2 is 2.15 bits per heavy atom. The van der Waals surface area contributed by atoms with E-state index in [-0.39, 0.29) is 31.1 Å². The number of nitro groups is 1. The quantitative estimate of drug-likeness (QED) is 0.423. The molecule has 26 heavy (non-hydrogen) atoms. The molecule has 1 aromatic rings. The molecule has 3 atom stereocenters. The van der Waals surface area contributed by atoms with E-state index in [1.807, 2.05) is 0 Å². The number of rotatable bonds is 7. The van der Waals surface area contributed by atoms with Crippen LogP contribution >= 0.6 is 11.3 Å². The fourth-order valence-corrected chi connectivity index (χ4v) is 3.64. The summed E-state index contributed by atoms with van der Waals surface area (Å²) < 4.78 is 4.80. The molecule has 0 aromatic carbocycles. The van der Waals surface area contributed by atoms with E-state index >= 15 is 0 Å². The first-order valence-corrected chi connectivity index (χ1v) is 8.83. The smallest absolute Gasteiger partial charge is 0.307 e. The molecule has 1 aliphatic rings. The van der Waals surface area contributed by atoms with Crippen LogP contribution in [0.1, 0.15) is 29.4 Å². The van der Waals surface area contributed by atoms with Crippen LogP contribution in [-0.4, -0.2) is 41.6 Å². The van der Waals surface area contributed by atoms with Gasteiger partial charge in [0.1, 0.15) is 5.78 Å². The van der Waals surface area contributed by atoms with Crippen molar-refractivity contribution in [2.45, 2.75) is 19.8 Å². The van der Waals surface area contributed by atoms with E-state index in [4.69, 9.17) is 4.74 Å². The van der Waals surface area contributed by atoms with Crippen molar-refractivity contribution in [3.63, 3.8) is 0 Å². The number of esters is 1. The number of thiophene rings is 1. The van der Waals surface area contributed by atoms with Gasteiger partial charge in [0.25, 0.3) is 11.8 Å². The highest BCUT2D eigenvalue weighted by Gasteiger charge is 2.44. The van der Waals surface area contributed by atoms with Crippen LogP contribution in [0.25, 0.3) is 0 Å². The second kappa shape index (κ2) is 8.65. The third-order valence-corrected chi connectivity index (χ3v) is 5.16. The van der Waals surface area contributed by atoms with Gasteiger partial charge in [0.2, 0.25) is 6.54 Å². The minimum absolute atomic E-state index is 0.183. The second-order valence-electron chi connectivity index (χ2n) is 6.15. The highest BCUT2D eigenvalue weighted by atomic mass is 32.1. The number of nitrogens with one attached hydrogen (secondary N) is 1. The van der Waals surface area contributed by atoms with Gasteiger partial charge in [-0.2, -0.15) is 0 Å². The van der Waals surface area contributed by atoms with E-state index in [1.165, 1.54) is 0 Å². The first kappa shape index (κ1) is 19.7. The van der Waals surface area contributed by atoms with Crippen molar-refractivity contribution >= 4 is 34.9 Å². The fraction of sp³-hybridized carbons (Fsp3) is 0.500. The third kappa shape index (κ3) is 5.19. The van der Waals surface area contributed by atoms with E-state index < -0.39 is 41.1 Å². The maximum atomic E-state index is 12.0. The van der Waals surface area contributed by atoms with Crippen LogP contribution in [-0.2, 0) is 19.1 Å². The Balaban J connectivity index is 1.82. The van der Waals surface area contributed by atoms with Crippen molar-refractivity contribution in [1.29, 1.82) is 0 Å². The number of carbonyl (C=O) groups is 4. The molecule has 0 spiro atoms. The first-order chi connectivity index (χ1) is 12.3. The number of nitrogens with zero attached hydrogens (tertiary/aromatic N) is 1. The molecule has 1 saturated carbocycles. The molecule has 0 bridgehead atoms. The first-order valence-electron chi connectivity index (χ1n) is 7.95. The third-order valence-electron chi connectivity index (χ3n) is 4.29. The van der Waals surface area contributed by atoms with Gasteiger partial charge in [0.05, 0.1) is 11.3 Å². The van der Waals surface area contributed by atoms with Gasteiger partial charge in [-0.3, -0.25) is 34.6 Å². The fourth-order valence-electron chi connectivity index (χ4n) is 3.02. The van der Waals surface area contributed by atoms with Crippen LogP contribution in [0.2, 0.25) is 0 Å². The largest absolute Gasteiger partial charge is 0.456 e.